The summed E-state index contributed by atoms with van der Waals surface area (Å²) in [5.74, 6) is 4.99. The van der Waals surface area contributed by atoms with Crippen molar-refractivity contribution in [1.82, 2.24) is 0 Å². The zero-order valence-electron chi connectivity index (χ0n) is 10.6. The fourth-order valence-corrected chi connectivity index (χ4v) is 5.06. The summed E-state index contributed by atoms with van der Waals surface area (Å²) in [7, 11) is 0. The molecule has 0 saturated heterocycles. The molecular formula is C15H24O. The van der Waals surface area contributed by atoms with Crippen LogP contribution in [-0.2, 0) is 4.79 Å². The fourth-order valence-electron chi connectivity index (χ4n) is 5.06. The number of carbonyl (C=O) groups is 1. The molecule has 0 aromatic carbocycles. The molecule has 0 heterocycles. The van der Waals surface area contributed by atoms with Crippen molar-refractivity contribution in [2.45, 2.75) is 52.4 Å². The summed E-state index contributed by atoms with van der Waals surface area (Å²) in [4.78, 5) is 12.3. The van der Waals surface area contributed by atoms with Gasteiger partial charge in [-0.25, -0.2) is 0 Å². The van der Waals surface area contributed by atoms with E-state index in [1.54, 1.807) is 0 Å². The molecule has 3 aliphatic carbocycles. The number of Topliss-reactive ketones (excluding diaryl/α,β-unsaturated/α-hetero) is 1. The van der Waals surface area contributed by atoms with Crippen molar-refractivity contribution in [3.05, 3.63) is 0 Å². The number of hydrogen-bond acceptors (Lipinski definition) is 1. The minimum atomic E-state index is 0.437. The van der Waals surface area contributed by atoms with E-state index in [1.165, 1.54) is 32.1 Å². The van der Waals surface area contributed by atoms with Crippen molar-refractivity contribution < 1.29 is 4.79 Å². The van der Waals surface area contributed by atoms with Gasteiger partial charge in [-0.15, -0.1) is 0 Å². The summed E-state index contributed by atoms with van der Waals surface area (Å²) in [5, 5.41) is 0. The van der Waals surface area contributed by atoms with Crippen LogP contribution in [0.4, 0.5) is 0 Å². The lowest BCUT2D eigenvalue weighted by Gasteiger charge is -2.38. The molecule has 3 saturated carbocycles. The quantitative estimate of drug-likeness (QED) is 0.659. The Balaban J connectivity index is 1.76. The number of fused-ring (bicyclic) bond motifs is 2. The van der Waals surface area contributed by atoms with E-state index >= 15 is 0 Å². The van der Waals surface area contributed by atoms with E-state index in [4.69, 9.17) is 0 Å². The third-order valence-electron chi connectivity index (χ3n) is 5.56. The Morgan fingerprint density at radius 3 is 2.44 bits per heavy atom. The first kappa shape index (κ1) is 10.8. The average Bonchev–Trinajstić information content (AvgIpc) is 2.77. The minimum absolute atomic E-state index is 0.437. The summed E-state index contributed by atoms with van der Waals surface area (Å²) < 4.78 is 0. The van der Waals surface area contributed by atoms with Gasteiger partial charge >= 0.3 is 0 Å². The molecule has 3 fully saturated rings. The summed E-state index contributed by atoms with van der Waals surface area (Å²) in [5.41, 5.74) is 0. The maximum Gasteiger partial charge on any atom is 0.136 e. The van der Waals surface area contributed by atoms with Crippen LogP contribution in [0, 0.1) is 35.5 Å². The molecule has 0 N–H and O–H groups in total. The van der Waals surface area contributed by atoms with Crippen LogP contribution < -0.4 is 0 Å². The highest BCUT2D eigenvalue weighted by Gasteiger charge is 2.47. The molecule has 1 nitrogen and oxygen atoms in total. The van der Waals surface area contributed by atoms with E-state index in [0.717, 1.165) is 24.2 Å². The molecule has 0 spiro atoms. The Kier molecular flexibility index (Phi) is 2.60. The molecule has 0 radical (unpaired) electrons. The van der Waals surface area contributed by atoms with Gasteiger partial charge in [-0.05, 0) is 55.3 Å². The Bertz CT molecular complexity index is 296. The third kappa shape index (κ3) is 1.63. The van der Waals surface area contributed by atoms with Crippen LogP contribution >= 0.6 is 0 Å². The zero-order valence-corrected chi connectivity index (χ0v) is 10.6. The molecule has 0 aliphatic heterocycles. The highest BCUT2D eigenvalue weighted by molar-refractivity contribution is 5.82. The van der Waals surface area contributed by atoms with Crippen molar-refractivity contribution in [3.63, 3.8) is 0 Å². The first-order chi connectivity index (χ1) is 7.65. The van der Waals surface area contributed by atoms with E-state index in [-0.39, 0.29) is 0 Å². The van der Waals surface area contributed by atoms with E-state index in [2.05, 4.69) is 13.8 Å². The first-order valence-electron chi connectivity index (χ1n) is 7.18. The molecule has 16 heavy (non-hydrogen) atoms. The number of rotatable bonds is 1. The van der Waals surface area contributed by atoms with Crippen molar-refractivity contribution in [3.8, 4) is 0 Å². The number of ketones is 1. The predicted molar refractivity (Wildman–Crippen MR) is 65.0 cm³/mol. The molecule has 0 aromatic heterocycles. The third-order valence-corrected chi connectivity index (χ3v) is 5.56. The molecular weight excluding hydrogens is 196 g/mol. The lowest BCUT2D eigenvalue weighted by atomic mass is 9.65. The molecule has 3 aliphatic rings. The Morgan fingerprint density at radius 2 is 1.88 bits per heavy atom. The molecule has 6 atom stereocenters. The Morgan fingerprint density at radius 1 is 1.06 bits per heavy atom. The largest absolute Gasteiger partial charge is 0.299 e. The van der Waals surface area contributed by atoms with Gasteiger partial charge in [0.05, 0.1) is 0 Å². The lowest BCUT2D eigenvalue weighted by Crippen LogP contribution is -2.38. The Hall–Kier alpha value is -0.330. The van der Waals surface area contributed by atoms with Crippen LogP contribution in [0.2, 0.25) is 0 Å². The zero-order chi connectivity index (χ0) is 11.3. The second-order valence-corrected chi connectivity index (χ2v) is 6.85. The second kappa shape index (κ2) is 3.85. The van der Waals surface area contributed by atoms with E-state index in [9.17, 15) is 4.79 Å². The standard InChI is InChI=1S/C15H24O/c1-9-5-10(2)15(14(16)6-9)13-8-11-3-4-12(13)7-11/h9-13,15H,3-8H2,1-2H3/t9-,10-,11+,12+,13+,15+/m0/s1. The first-order valence-corrected chi connectivity index (χ1v) is 7.18. The smallest absolute Gasteiger partial charge is 0.136 e. The van der Waals surface area contributed by atoms with Crippen LogP contribution in [0.1, 0.15) is 52.4 Å². The molecule has 0 aromatic rings. The molecule has 2 bridgehead atoms. The predicted octanol–water partition coefficient (Wildman–Crippen LogP) is 3.67. The summed E-state index contributed by atoms with van der Waals surface area (Å²) in [6.45, 7) is 4.57. The van der Waals surface area contributed by atoms with Crippen LogP contribution in [0.5, 0.6) is 0 Å². The van der Waals surface area contributed by atoms with Gasteiger partial charge in [0.1, 0.15) is 5.78 Å². The highest BCUT2D eigenvalue weighted by Crippen LogP contribution is 2.54. The van der Waals surface area contributed by atoms with E-state index in [0.29, 0.717) is 23.5 Å². The minimum Gasteiger partial charge on any atom is -0.299 e. The van der Waals surface area contributed by atoms with Crippen LogP contribution in [-0.4, -0.2) is 5.78 Å². The molecule has 0 amide bonds. The Labute approximate surface area is 99.0 Å². The molecule has 0 unspecified atom stereocenters. The second-order valence-electron chi connectivity index (χ2n) is 6.85. The van der Waals surface area contributed by atoms with Crippen molar-refractivity contribution in [2.75, 3.05) is 0 Å². The van der Waals surface area contributed by atoms with Crippen molar-refractivity contribution >= 4 is 5.78 Å². The van der Waals surface area contributed by atoms with E-state index in [1.807, 2.05) is 0 Å². The summed E-state index contributed by atoms with van der Waals surface area (Å²) in [6, 6.07) is 0. The van der Waals surface area contributed by atoms with Crippen LogP contribution in [0.15, 0.2) is 0 Å². The van der Waals surface area contributed by atoms with Crippen molar-refractivity contribution in [1.29, 1.82) is 0 Å². The molecule has 3 rings (SSSR count). The van der Waals surface area contributed by atoms with Crippen LogP contribution in [0.25, 0.3) is 0 Å². The van der Waals surface area contributed by atoms with Crippen LogP contribution in [0.3, 0.4) is 0 Å². The summed E-state index contributed by atoms with van der Waals surface area (Å²) in [6.07, 6.45) is 7.83. The SMILES string of the molecule is C[C@@H]1CC(=O)[C@@H]([C@@H]2C[C@@H]3CC[C@@H]2C3)[C@@H](C)C1. The lowest BCUT2D eigenvalue weighted by molar-refractivity contribution is -0.131. The highest BCUT2D eigenvalue weighted by atomic mass is 16.1. The number of carbonyl (C=O) groups excluding carboxylic acids is 1. The maximum absolute atomic E-state index is 12.3. The normalized spacial score (nSPS) is 52.2. The van der Waals surface area contributed by atoms with Gasteiger partial charge in [-0.3, -0.25) is 4.79 Å². The number of hydrogen-bond donors (Lipinski definition) is 0. The fraction of sp³-hybridized carbons (Fsp3) is 0.933. The van der Waals surface area contributed by atoms with Gasteiger partial charge in [-0.2, -0.15) is 0 Å². The molecule has 90 valence electrons. The van der Waals surface area contributed by atoms with Gasteiger partial charge in [0.15, 0.2) is 0 Å². The van der Waals surface area contributed by atoms with Gasteiger partial charge in [0.2, 0.25) is 0 Å². The van der Waals surface area contributed by atoms with E-state index < -0.39 is 0 Å². The van der Waals surface area contributed by atoms with Gasteiger partial charge in [-0.1, -0.05) is 20.3 Å². The average molecular weight is 220 g/mol. The van der Waals surface area contributed by atoms with Gasteiger partial charge in [0, 0.05) is 12.3 Å². The van der Waals surface area contributed by atoms with Crippen molar-refractivity contribution in [2.24, 2.45) is 35.5 Å². The topological polar surface area (TPSA) is 17.1 Å². The molecule has 1 heteroatoms. The van der Waals surface area contributed by atoms with Gasteiger partial charge < -0.3 is 0 Å². The van der Waals surface area contributed by atoms with Gasteiger partial charge in [0.25, 0.3) is 0 Å². The maximum atomic E-state index is 12.3. The summed E-state index contributed by atoms with van der Waals surface area (Å²) >= 11 is 0. The monoisotopic (exact) mass is 220 g/mol.